The van der Waals surface area contributed by atoms with E-state index in [-0.39, 0.29) is 0 Å². The molecule has 0 spiro atoms. The maximum absolute atomic E-state index is 11.0. The zero-order chi connectivity index (χ0) is 14.2. The third kappa shape index (κ3) is 2.14. The van der Waals surface area contributed by atoms with Crippen molar-refractivity contribution >= 4 is 5.69 Å². The molecule has 1 atom stereocenters. The van der Waals surface area contributed by atoms with E-state index < -0.39 is 6.10 Å². The van der Waals surface area contributed by atoms with Gasteiger partial charge in [0.15, 0.2) is 0 Å². The standard InChI is InChI=1S/C19H21NO/c21-19(17-10-4-7-14-11-12-20-18(14)17)16-9-2-1-8-15(16)13-5-3-6-13/h1-2,4,7-10,13,19-21H,3,5-6,11-12H2. The minimum Gasteiger partial charge on any atom is -0.384 e. The molecule has 1 aliphatic heterocycles. The fourth-order valence-electron chi connectivity index (χ4n) is 3.61. The van der Waals surface area contributed by atoms with Gasteiger partial charge in [0.25, 0.3) is 0 Å². The second-order valence-corrected chi connectivity index (χ2v) is 6.22. The summed E-state index contributed by atoms with van der Waals surface area (Å²) < 4.78 is 0. The number of anilines is 1. The van der Waals surface area contributed by atoms with Crippen LogP contribution in [0.4, 0.5) is 5.69 Å². The van der Waals surface area contributed by atoms with Crippen LogP contribution < -0.4 is 5.32 Å². The average Bonchev–Trinajstić information content (AvgIpc) is 2.93. The van der Waals surface area contributed by atoms with Crippen molar-refractivity contribution in [3.63, 3.8) is 0 Å². The number of hydrogen-bond donors (Lipinski definition) is 2. The Kier molecular flexibility index (Phi) is 3.19. The summed E-state index contributed by atoms with van der Waals surface area (Å²) in [6.45, 7) is 0.976. The first-order valence-corrected chi connectivity index (χ1v) is 7.97. The van der Waals surface area contributed by atoms with Crippen LogP contribution in [0.1, 0.15) is 53.5 Å². The topological polar surface area (TPSA) is 32.3 Å². The molecule has 2 nitrogen and oxygen atoms in total. The van der Waals surface area contributed by atoms with Crippen molar-refractivity contribution < 1.29 is 5.11 Å². The molecule has 2 N–H and O–H groups in total. The van der Waals surface area contributed by atoms with Gasteiger partial charge in [-0.2, -0.15) is 0 Å². The molecule has 2 aromatic carbocycles. The van der Waals surface area contributed by atoms with E-state index in [0.717, 1.165) is 29.8 Å². The van der Waals surface area contributed by atoms with E-state index in [1.165, 1.54) is 30.4 Å². The molecule has 108 valence electrons. The van der Waals surface area contributed by atoms with E-state index in [1.807, 2.05) is 6.07 Å². The van der Waals surface area contributed by atoms with Crippen molar-refractivity contribution in [3.8, 4) is 0 Å². The SMILES string of the molecule is OC(c1ccccc1C1CCC1)c1cccc2c1NCC2. The highest BCUT2D eigenvalue weighted by Gasteiger charge is 2.26. The summed E-state index contributed by atoms with van der Waals surface area (Å²) in [5.74, 6) is 0.639. The summed E-state index contributed by atoms with van der Waals surface area (Å²) in [6, 6.07) is 14.7. The van der Waals surface area contributed by atoms with Gasteiger partial charge in [-0.15, -0.1) is 0 Å². The van der Waals surface area contributed by atoms with E-state index in [9.17, 15) is 5.11 Å². The molecule has 0 amide bonds. The third-order valence-corrected chi connectivity index (χ3v) is 5.01. The Labute approximate surface area is 125 Å². The van der Waals surface area contributed by atoms with E-state index in [1.54, 1.807) is 0 Å². The van der Waals surface area contributed by atoms with E-state index in [2.05, 4.69) is 41.7 Å². The smallest absolute Gasteiger partial charge is 0.106 e. The van der Waals surface area contributed by atoms with Crippen LogP contribution in [0.15, 0.2) is 42.5 Å². The first-order chi connectivity index (χ1) is 10.3. The zero-order valence-electron chi connectivity index (χ0n) is 12.2. The third-order valence-electron chi connectivity index (χ3n) is 5.01. The molecular weight excluding hydrogens is 258 g/mol. The second kappa shape index (κ2) is 5.19. The Morgan fingerprint density at radius 2 is 1.81 bits per heavy atom. The van der Waals surface area contributed by atoms with Gasteiger partial charge in [-0.25, -0.2) is 0 Å². The summed E-state index contributed by atoms with van der Waals surface area (Å²) in [7, 11) is 0. The number of para-hydroxylation sites is 1. The number of aliphatic hydroxyl groups excluding tert-OH is 1. The zero-order valence-corrected chi connectivity index (χ0v) is 12.2. The maximum Gasteiger partial charge on any atom is 0.106 e. The molecule has 0 aromatic heterocycles. The van der Waals surface area contributed by atoms with Crippen molar-refractivity contribution in [1.82, 2.24) is 0 Å². The first kappa shape index (κ1) is 12.9. The van der Waals surface area contributed by atoms with Crippen molar-refractivity contribution in [2.45, 2.75) is 37.7 Å². The Morgan fingerprint density at radius 1 is 1.00 bits per heavy atom. The van der Waals surface area contributed by atoms with Crippen molar-refractivity contribution in [2.24, 2.45) is 0 Å². The number of aliphatic hydroxyl groups is 1. The largest absolute Gasteiger partial charge is 0.384 e. The van der Waals surface area contributed by atoms with Gasteiger partial charge < -0.3 is 10.4 Å². The lowest BCUT2D eigenvalue weighted by Gasteiger charge is -2.29. The molecule has 2 aliphatic rings. The van der Waals surface area contributed by atoms with Crippen LogP contribution in [-0.2, 0) is 6.42 Å². The molecule has 21 heavy (non-hydrogen) atoms. The minimum atomic E-state index is -0.526. The second-order valence-electron chi connectivity index (χ2n) is 6.22. The van der Waals surface area contributed by atoms with Gasteiger partial charge in [-0.1, -0.05) is 48.9 Å². The minimum absolute atomic E-state index is 0.526. The number of rotatable bonds is 3. The van der Waals surface area contributed by atoms with Crippen molar-refractivity contribution in [2.75, 3.05) is 11.9 Å². The lowest BCUT2D eigenvalue weighted by atomic mass is 9.77. The van der Waals surface area contributed by atoms with Gasteiger partial charge in [-0.3, -0.25) is 0 Å². The van der Waals surface area contributed by atoms with E-state index >= 15 is 0 Å². The predicted molar refractivity (Wildman–Crippen MR) is 85.7 cm³/mol. The van der Waals surface area contributed by atoms with Gasteiger partial charge in [-0.05, 0) is 41.9 Å². The van der Waals surface area contributed by atoms with Gasteiger partial charge in [0.05, 0.1) is 0 Å². The summed E-state index contributed by atoms with van der Waals surface area (Å²) in [5, 5.41) is 14.4. The van der Waals surface area contributed by atoms with Gasteiger partial charge in [0, 0.05) is 17.8 Å². The van der Waals surface area contributed by atoms with Crippen LogP contribution >= 0.6 is 0 Å². The van der Waals surface area contributed by atoms with Crippen LogP contribution in [0.25, 0.3) is 0 Å². The molecule has 1 saturated carbocycles. The van der Waals surface area contributed by atoms with Crippen LogP contribution in [0.3, 0.4) is 0 Å². The average molecular weight is 279 g/mol. The summed E-state index contributed by atoms with van der Waals surface area (Å²) >= 11 is 0. The van der Waals surface area contributed by atoms with Crippen molar-refractivity contribution in [3.05, 3.63) is 64.7 Å². The molecule has 2 heteroatoms. The number of fused-ring (bicyclic) bond motifs is 1. The molecule has 1 aliphatic carbocycles. The molecule has 0 saturated heterocycles. The summed E-state index contributed by atoms with van der Waals surface area (Å²) in [6.07, 6.45) is 4.36. The highest BCUT2D eigenvalue weighted by atomic mass is 16.3. The highest BCUT2D eigenvalue weighted by molar-refractivity contribution is 5.63. The van der Waals surface area contributed by atoms with Gasteiger partial charge in [0.1, 0.15) is 6.10 Å². The van der Waals surface area contributed by atoms with Crippen LogP contribution in [-0.4, -0.2) is 11.7 Å². The van der Waals surface area contributed by atoms with Gasteiger partial charge >= 0.3 is 0 Å². The molecule has 0 bridgehead atoms. The molecule has 2 aromatic rings. The Bertz CT molecular complexity index is 660. The molecule has 4 rings (SSSR count). The van der Waals surface area contributed by atoms with Crippen molar-refractivity contribution in [1.29, 1.82) is 0 Å². The first-order valence-electron chi connectivity index (χ1n) is 7.97. The number of hydrogen-bond acceptors (Lipinski definition) is 2. The quantitative estimate of drug-likeness (QED) is 0.890. The maximum atomic E-state index is 11.0. The fraction of sp³-hybridized carbons (Fsp3) is 0.368. The lowest BCUT2D eigenvalue weighted by Crippen LogP contribution is -2.14. The lowest BCUT2D eigenvalue weighted by molar-refractivity contribution is 0.217. The Hall–Kier alpha value is -1.80. The molecular formula is C19H21NO. The molecule has 1 unspecified atom stereocenters. The Morgan fingerprint density at radius 3 is 2.62 bits per heavy atom. The molecule has 1 heterocycles. The monoisotopic (exact) mass is 279 g/mol. The normalized spacial score (nSPS) is 18.7. The predicted octanol–water partition coefficient (Wildman–Crippen LogP) is 4.00. The molecule has 0 radical (unpaired) electrons. The fourth-order valence-corrected chi connectivity index (χ4v) is 3.61. The van der Waals surface area contributed by atoms with Gasteiger partial charge in [0.2, 0.25) is 0 Å². The van der Waals surface area contributed by atoms with E-state index in [0.29, 0.717) is 5.92 Å². The number of nitrogens with one attached hydrogen (secondary N) is 1. The number of benzene rings is 2. The highest BCUT2D eigenvalue weighted by Crippen LogP contribution is 2.42. The molecule has 1 fully saturated rings. The Balaban J connectivity index is 1.75. The van der Waals surface area contributed by atoms with Crippen LogP contribution in [0.5, 0.6) is 0 Å². The summed E-state index contributed by atoms with van der Waals surface area (Å²) in [5.41, 5.74) is 5.93. The van der Waals surface area contributed by atoms with Crippen LogP contribution in [0, 0.1) is 0 Å². The van der Waals surface area contributed by atoms with Crippen LogP contribution in [0.2, 0.25) is 0 Å². The van der Waals surface area contributed by atoms with E-state index in [4.69, 9.17) is 0 Å². The summed E-state index contributed by atoms with van der Waals surface area (Å²) in [4.78, 5) is 0.